The summed E-state index contributed by atoms with van der Waals surface area (Å²) in [5.41, 5.74) is 1.25. The standard InChI is InChI=1S/C9H15NO/c1-2-3-4-8-5-6-9(7-11)10-8/h5,7,9-10H,2-4,6H2,1H3. The minimum absolute atomic E-state index is 0.0573. The smallest absolute Gasteiger partial charge is 0.142 e. The first-order valence-electron chi connectivity index (χ1n) is 4.27. The highest BCUT2D eigenvalue weighted by atomic mass is 16.1. The van der Waals surface area contributed by atoms with Crippen LogP contribution in [0.15, 0.2) is 11.8 Å². The van der Waals surface area contributed by atoms with Crippen molar-refractivity contribution < 1.29 is 4.79 Å². The first-order chi connectivity index (χ1) is 5.36. The number of aldehydes is 1. The van der Waals surface area contributed by atoms with Crippen LogP contribution in [0.2, 0.25) is 0 Å². The minimum atomic E-state index is 0.0573. The third-order valence-electron chi connectivity index (χ3n) is 1.95. The van der Waals surface area contributed by atoms with Gasteiger partial charge in [-0.2, -0.15) is 0 Å². The summed E-state index contributed by atoms with van der Waals surface area (Å²) in [6, 6.07) is 0.0573. The molecule has 11 heavy (non-hydrogen) atoms. The Hall–Kier alpha value is -0.790. The van der Waals surface area contributed by atoms with Crippen LogP contribution >= 0.6 is 0 Å². The van der Waals surface area contributed by atoms with Gasteiger partial charge >= 0.3 is 0 Å². The highest BCUT2D eigenvalue weighted by Gasteiger charge is 2.12. The van der Waals surface area contributed by atoms with E-state index < -0.39 is 0 Å². The van der Waals surface area contributed by atoms with Crippen LogP contribution in [0.1, 0.15) is 32.6 Å². The molecule has 0 aromatic carbocycles. The van der Waals surface area contributed by atoms with Gasteiger partial charge in [0.15, 0.2) is 0 Å². The van der Waals surface area contributed by atoms with Crippen LogP contribution in [-0.4, -0.2) is 12.3 Å². The van der Waals surface area contributed by atoms with Gasteiger partial charge in [-0.05, 0) is 19.3 Å². The van der Waals surface area contributed by atoms with Gasteiger partial charge in [0.2, 0.25) is 0 Å². The fraction of sp³-hybridized carbons (Fsp3) is 0.667. The van der Waals surface area contributed by atoms with Crippen LogP contribution in [0.5, 0.6) is 0 Å². The van der Waals surface area contributed by atoms with Gasteiger partial charge in [-0.25, -0.2) is 0 Å². The summed E-state index contributed by atoms with van der Waals surface area (Å²) in [5, 5.41) is 3.17. The molecule has 1 atom stereocenters. The van der Waals surface area contributed by atoms with Gasteiger partial charge in [-0.3, -0.25) is 0 Å². The average Bonchev–Trinajstić information content (AvgIpc) is 2.48. The van der Waals surface area contributed by atoms with E-state index in [1.165, 1.54) is 18.5 Å². The predicted octanol–water partition coefficient (Wildman–Crippen LogP) is 1.62. The normalized spacial score (nSPS) is 22.6. The molecule has 1 rings (SSSR count). The molecule has 2 nitrogen and oxygen atoms in total. The molecule has 62 valence electrons. The number of carbonyl (C=O) groups excluding carboxylic acids is 1. The van der Waals surface area contributed by atoms with Crippen molar-refractivity contribution >= 4 is 6.29 Å². The number of carbonyl (C=O) groups is 1. The zero-order valence-corrected chi connectivity index (χ0v) is 6.97. The maximum atomic E-state index is 10.3. The number of allylic oxidation sites excluding steroid dienone is 1. The van der Waals surface area contributed by atoms with Crippen molar-refractivity contribution in [2.75, 3.05) is 0 Å². The Balaban J connectivity index is 2.22. The number of hydrogen-bond donors (Lipinski definition) is 1. The van der Waals surface area contributed by atoms with Gasteiger partial charge in [0.05, 0.1) is 6.04 Å². The first kappa shape index (κ1) is 8.31. The molecule has 0 saturated carbocycles. The molecule has 0 radical (unpaired) electrons. The van der Waals surface area contributed by atoms with E-state index in [0.29, 0.717) is 0 Å². The Kier molecular flexibility index (Phi) is 3.14. The van der Waals surface area contributed by atoms with Crippen LogP contribution in [-0.2, 0) is 4.79 Å². The van der Waals surface area contributed by atoms with Crippen molar-refractivity contribution in [3.8, 4) is 0 Å². The zero-order chi connectivity index (χ0) is 8.10. The lowest BCUT2D eigenvalue weighted by atomic mass is 10.2. The summed E-state index contributed by atoms with van der Waals surface area (Å²) in [5.74, 6) is 0. The summed E-state index contributed by atoms with van der Waals surface area (Å²) in [6.45, 7) is 2.17. The third-order valence-corrected chi connectivity index (χ3v) is 1.95. The van der Waals surface area contributed by atoms with E-state index >= 15 is 0 Å². The van der Waals surface area contributed by atoms with E-state index in [-0.39, 0.29) is 6.04 Å². The molecule has 1 unspecified atom stereocenters. The number of hydrogen-bond acceptors (Lipinski definition) is 2. The molecule has 1 aliphatic rings. The summed E-state index contributed by atoms with van der Waals surface area (Å²) in [6.07, 6.45) is 7.52. The Morgan fingerprint density at radius 2 is 2.64 bits per heavy atom. The van der Waals surface area contributed by atoms with Crippen LogP contribution < -0.4 is 5.32 Å². The van der Waals surface area contributed by atoms with Crippen molar-refractivity contribution in [3.63, 3.8) is 0 Å². The van der Waals surface area contributed by atoms with Gasteiger partial charge in [0.25, 0.3) is 0 Å². The molecule has 0 amide bonds. The molecule has 1 heterocycles. The molecule has 0 spiro atoms. The van der Waals surface area contributed by atoms with Crippen molar-refractivity contribution in [3.05, 3.63) is 11.8 Å². The lowest BCUT2D eigenvalue weighted by Gasteiger charge is -2.05. The van der Waals surface area contributed by atoms with Gasteiger partial charge in [-0.1, -0.05) is 19.4 Å². The van der Waals surface area contributed by atoms with Gasteiger partial charge in [-0.15, -0.1) is 0 Å². The molecule has 1 aliphatic heterocycles. The van der Waals surface area contributed by atoms with E-state index in [9.17, 15) is 4.79 Å². The number of unbranched alkanes of at least 4 members (excludes halogenated alkanes) is 1. The number of rotatable bonds is 4. The average molecular weight is 153 g/mol. The summed E-state index contributed by atoms with van der Waals surface area (Å²) in [4.78, 5) is 10.3. The highest BCUT2D eigenvalue weighted by Crippen LogP contribution is 2.12. The Labute approximate surface area is 67.7 Å². The predicted molar refractivity (Wildman–Crippen MR) is 45.2 cm³/mol. The van der Waals surface area contributed by atoms with Gasteiger partial charge in [0, 0.05) is 5.70 Å². The van der Waals surface area contributed by atoms with E-state index in [2.05, 4.69) is 18.3 Å². The minimum Gasteiger partial charge on any atom is -0.379 e. The molecule has 0 saturated heterocycles. The monoisotopic (exact) mass is 153 g/mol. The molecule has 0 aliphatic carbocycles. The topological polar surface area (TPSA) is 29.1 Å². The molecule has 2 heteroatoms. The second-order valence-corrected chi connectivity index (χ2v) is 2.96. The van der Waals surface area contributed by atoms with E-state index in [4.69, 9.17) is 0 Å². The largest absolute Gasteiger partial charge is 0.379 e. The van der Waals surface area contributed by atoms with Gasteiger partial charge < -0.3 is 10.1 Å². The second kappa shape index (κ2) is 4.16. The Morgan fingerprint density at radius 3 is 3.18 bits per heavy atom. The van der Waals surface area contributed by atoms with E-state index in [1.807, 2.05) is 0 Å². The quantitative estimate of drug-likeness (QED) is 0.622. The van der Waals surface area contributed by atoms with Gasteiger partial charge in [0.1, 0.15) is 6.29 Å². The molecule has 0 aromatic rings. The van der Waals surface area contributed by atoms with Crippen molar-refractivity contribution in [1.82, 2.24) is 5.32 Å². The third kappa shape index (κ3) is 2.37. The van der Waals surface area contributed by atoms with Crippen molar-refractivity contribution in [2.24, 2.45) is 0 Å². The Bertz CT molecular complexity index is 163. The fourth-order valence-corrected chi connectivity index (χ4v) is 1.26. The van der Waals surface area contributed by atoms with E-state index in [1.54, 1.807) is 0 Å². The van der Waals surface area contributed by atoms with Crippen LogP contribution in [0, 0.1) is 0 Å². The molecule has 0 fully saturated rings. The van der Waals surface area contributed by atoms with Crippen molar-refractivity contribution in [1.29, 1.82) is 0 Å². The summed E-state index contributed by atoms with van der Waals surface area (Å²) >= 11 is 0. The lowest BCUT2D eigenvalue weighted by Crippen LogP contribution is -2.23. The number of nitrogens with one attached hydrogen (secondary N) is 1. The maximum absolute atomic E-state index is 10.3. The lowest BCUT2D eigenvalue weighted by molar-refractivity contribution is -0.109. The highest BCUT2D eigenvalue weighted by molar-refractivity contribution is 5.59. The SMILES string of the molecule is CCCCC1=CCC(C=O)N1. The zero-order valence-electron chi connectivity index (χ0n) is 6.97. The molecule has 1 N–H and O–H groups in total. The van der Waals surface area contributed by atoms with Crippen LogP contribution in [0.3, 0.4) is 0 Å². The molecular formula is C9H15NO. The van der Waals surface area contributed by atoms with Crippen LogP contribution in [0.25, 0.3) is 0 Å². The molecule has 0 aromatic heterocycles. The summed E-state index contributed by atoms with van der Waals surface area (Å²) < 4.78 is 0. The molecule has 0 bridgehead atoms. The van der Waals surface area contributed by atoms with Crippen molar-refractivity contribution in [2.45, 2.75) is 38.6 Å². The fourth-order valence-electron chi connectivity index (χ4n) is 1.26. The maximum Gasteiger partial charge on any atom is 0.142 e. The Morgan fingerprint density at radius 1 is 1.82 bits per heavy atom. The first-order valence-corrected chi connectivity index (χ1v) is 4.27. The van der Waals surface area contributed by atoms with Crippen LogP contribution in [0.4, 0.5) is 0 Å². The molecular weight excluding hydrogens is 138 g/mol. The summed E-state index contributed by atoms with van der Waals surface area (Å²) in [7, 11) is 0. The second-order valence-electron chi connectivity index (χ2n) is 2.96. The van der Waals surface area contributed by atoms with E-state index in [0.717, 1.165) is 19.1 Å².